The number of aromatic nitrogens is 2. The molecule has 2 aliphatic heterocycles. The van der Waals surface area contributed by atoms with Crippen LogP contribution in [0.25, 0.3) is 11.7 Å². The van der Waals surface area contributed by atoms with Crippen molar-refractivity contribution >= 4 is 63.3 Å². The third kappa shape index (κ3) is 4.50. The number of fused-ring (bicyclic) bond motifs is 1. The maximum absolute atomic E-state index is 13.5. The molecule has 6 nitrogen and oxygen atoms in total. The molecule has 9 heteroatoms. The standard InChI is InChI=1S/C25H23ClN4O2S2/c26-19-10-4-3-9-17(19)16-30-24(32)20(34-25(30)33)15-18-22(28-12-6-1-2-7-13-28)27-21-11-5-8-14-29(21)23(18)31/h3-5,8-11,14-15H,1-2,6-7,12-13,16H2. The Balaban J connectivity index is 1.56. The van der Waals surface area contributed by atoms with Gasteiger partial charge in [0.15, 0.2) is 0 Å². The molecule has 174 valence electrons. The number of hydrogen-bond donors (Lipinski definition) is 0. The van der Waals surface area contributed by atoms with Crippen molar-refractivity contribution in [1.29, 1.82) is 0 Å². The molecule has 1 aromatic carbocycles. The zero-order valence-corrected chi connectivity index (χ0v) is 20.8. The molecule has 0 bridgehead atoms. The summed E-state index contributed by atoms with van der Waals surface area (Å²) in [6.45, 7) is 1.96. The van der Waals surface area contributed by atoms with E-state index in [2.05, 4.69) is 4.90 Å². The van der Waals surface area contributed by atoms with Crippen molar-refractivity contribution in [3.8, 4) is 0 Å². The smallest absolute Gasteiger partial charge is 0.267 e. The minimum atomic E-state index is -0.228. The number of halogens is 1. The molecule has 0 N–H and O–H groups in total. The van der Waals surface area contributed by atoms with Crippen molar-refractivity contribution in [2.45, 2.75) is 32.2 Å². The van der Waals surface area contributed by atoms with Crippen molar-refractivity contribution in [2.75, 3.05) is 18.0 Å². The second-order valence-electron chi connectivity index (χ2n) is 8.34. The van der Waals surface area contributed by atoms with Gasteiger partial charge in [0.05, 0.1) is 17.0 Å². The van der Waals surface area contributed by atoms with Gasteiger partial charge in [0.2, 0.25) is 0 Å². The number of pyridine rings is 1. The number of rotatable bonds is 4. The van der Waals surface area contributed by atoms with Crippen LogP contribution in [-0.4, -0.2) is 37.6 Å². The minimum absolute atomic E-state index is 0.193. The van der Waals surface area contributed by atoms with Crippen LogP contribution in [0.1, 0.15) is 36.8 Å². The Morgan fingerprint density at radius 3 is 2.53 bits per heavy atom. The average molecular weight is 511 g/mol. The number of amides is 1. The maximum atomic E-state index is 13.5. The summed E-state index contributed by atoms with van der Waals surface area (Å²) in [7, 11) is 0. The van der Waals surface area contributed by atoms with E-state index in [0.717, 1.165) is 31.5 Å². The fourth-order valence-electron chi connectivity index (χ4n) is 4.31. The highest BCUT2D eigenvalue weighted by molar-refractivity contribution is 8.26. The van der Waals surface area contributed by atoms with Crippen molar-refractivity contribution in [3.63, 3.8) is 0 Å². The van der Waals surface area contributed by atoms with Gasteiger partial charge in [0.25, 0.3) is 11.5 Å². The molecular formula is C25H23ClN4O2S2. The van der Waals surface area contributed by atoms with Gasteiger partial charge in [0, 0.05) is 24.3 Å². The number of benzene rings is 1. The minimum Gasteiger partial charge on any atom is -0.356 e. The average Bonchev–Trinajstić information content (AvgIpc) is 3.02. The molecule has 34 heavy (non-hydrogen) atoms. The van der Waals surface area contributed by atoms with Gasteiger partial charge in [0.1, 0.15) is 15.8 Å². The summed E-state index contributed by atoms with van der Waals surface area (Å²) in [5, 5.41) is 0.584. The van der Waals surface area contributed by atoms with Crippen LogP contribution in [0, 0.1) is 0 Å². The number of thiocarbonyl (C=S) groups is 1. The zero-order valence-electron chi connectivity index (χ0n) is 18.4. The maximum Gasteiger partial charge on any atom is 0.267 e. The van der Waals surface area contributed by atoms with Crippen molar-refractivity contribution in [3.05, 3.63) is 80.1 Å². The Morgan fingerprint density at radius 1 is 1.03 bits per heavy atom. The van der Waals surface area contributed by atoms with Crippen LogP contribution in [0.4, 0.5) is 5.82 Å². The summed E-state index contributed by atoms with van der Waals surface area (Å²) in [4.78, 5) is 35.8. The van der Waals surface area contributed by atoms with E-state index >= 15 is 0 Å². The van der Waals surface area contributed by atoms with Crippen LogP contribution in [0.3, 0.4) is 0 Å². The Bertz CT molecular complexity index is 1360. The fourth-order valence-corrected chi connectivity index (χ4v) is 5.74. The number of carbonyl (C=O) groups excluding carboxylic acids is 1. The molecule has 0 saturated carbocycles. The Kier molecular flexibility index (Phi) is 6.72. The Labute approximate surface area is 212 Å². The SMILES string of the molecule is O=C1C(=Cc2c(N3CCCCCC3)nc3ccccn3c2=O)SC(=S)N1Cc1ccccc1Cl. The quantitative estimate of drug-likeness (QED) is 0.358. The first kappa shape index (κ1) is 23.1. The number of hydrogen-bond acceptors (Lipinski definition) is 6. The Hall–Kier alpha value is -2.68. The van der Waals surface area contributed by atoms with Gasteiger partial charge >= 0.3 is 0 Å². The normalized spacial score (nSPS) is 18.2. The Morgan fingerprint density at radius 2 is 1.76 bits per heavy atom. The summed E-state index contributed by atoms with van der Waals surface area (Å²) in [5.74, 6) is 0.406. The second kappa shape index (κ2) is 9.90. The summed E-state index contributed by atoms with van der Waals surface area (Å²) >= 11 is 13.0. The summed E-state index contributed by atoms with van der Waals surface area (Å²) in [6, 6.07) is 12.9. The van der Waals surface area contributed by atoms with E-state index in [-0.39, 0.29) is 18.0 Å². The predicted octanol–water partition coefficient (Wildman–Crippen LogP) is 5.13. The lowest BCUT2D eigenvalue weighted by Crippen LogP contribution is -2.30. The number of carbonyl (C=O) groups is 1. The lowest BCUT2D eigenvalue weighted by Gasteiger charge is -2.23. The molecular weight excluding hydrogens is 488 g/mol. The molecule has 2 aliphatic rings. The van der Waals surface area contributed by atoms with Crippen molar-refractivity contribution in [1.82, 2.24) is 14.3 Å². The van der Waals surface area contributed by atoms with Crippen LogP contribution in [0.2, 0.25) is 5.02 Å². The van der Waals surface area contributed by atoms with Gasteiger partial charge in [-0.2, -0.15) is 0 Å². The van der Waals surface area contributed by atoms with Gasteiger partial charge in [-0.25, -0.2) is 4.98 Å². The highest BCUT2D eigenvalue weighted by Crippen LogP contribution is 2.35. The van der Waals surface area contributed by atoms with E-state index in [9.17, 15) is 9.59 Å². The van der Waals surface area contributed by atoms with Crippen LogP contribution < -0.4 is 10.5 Å². The lowest BCUT2D eigenvalue weighted by atomic mass is 10.2. The first-order chi connectivity index (χ1) is 16.5. The molecule has 0 radical (unpaired) electrons. The fraction of sp³-hybridized carbons (Fsp3) is 0.280. The van der Waals surface area contributed by atoms with Crippen LogP contribution in [0.5, 0.6) is 0 Å². The van der Waals surface area contributed by atoms with Crippen LogP contribution >= 0.6 is 35.6 Å². The van der Waals surface area contributed by atoms with Crippen molar-refractivity contribution < 1.29 is 4.79 Å². The van der Waals surface area contributed by atoms with E-state index < -0.39 is 0 Å². The summed E-state index contributed by atoms with van der Waals surface area (Å²) in [6.07, 6.45) is 7.81. The first-order valence-corrected chi connectivity index (χ1v) is 12.9. The molecule has 2 saturated heterocycles. The molecule has 5 rings (SSSR count). The van der Waals surface area contributed by atoms with E-state index in [1.807, 2.05) is 30.3 Å². The molecule has 3 aromatic rings. The highest BCUT2D eigenvalue weighted by Gasteiger charge is 2.33. The summed E-state index contributed by atoms with van der Waals surface area (Å²) in [5.41, 5.74) is 1.64. The second-order valence-corrected chi connectivity index (χ2v) is 10.4. The molecule has 0 aliphatic carbocycles. The molecule has 0 unspecified atom stereocenters. The van der Waals surface area contributed by atoms with E-state index in [1.165, 1.54) is 33.9 Å². The molecule has 2 aromatic heterocycles. The third-order valence-corrected chi connectivity index (χ3v) is 7.84. The van der Waals surface area contributed by atoms with E-state index in [4.69, 9.17) is 28.8 Å². The van der Waals surface area contributed by atoms with Gasteiger partial charge in [-0.1, -0.05) is 72.7 Å². The van der Waals surface area contributed by atoms with E-state index in [0.29, 0.717) is 31.3 Å². The van der Waals surface area contributed by atoms with Crippen molar-refractivity contribution in [2.24, 2.45) is 0 Å². The molecule has 0 atom stereocenters. The number of nitrogens with zero attached hydrogens (tertiary/aromatic N) is 4. The lowest BCUT2D eigenvalue weighted by molar-refractivity contribution is -0.122. The molecule has 1 amide bonds. The predicted molar refractivity (Wildman–Crippen MR) is 142 cm³/mol. The molecule has 2 fully saturated rings. The van der Waals surface area contributed by atoms with Crippen LogP contribution in [0.15, 0.2) is 58.4 Å². The topological polar surface area (TPSA) is 57.9 Å². The summed E-state index contributed by atoms with van der Waals surface area (Å²) < 4.78 is 1.97. The van der Waals surface area contributed by atoms with Gasteiger partial charge in [-0.05, 0) is 42.7 Å². The monoisotopic (exact) mass is 510 g/mol. The molecule has 0 spiro atoms. The van der Waals surface area contributed by atoms with Gasteiger partial charge in [-0.3, -0.25) is 18.9 Å². The first-order valence-electron chi connectivity index (χ1n) is 11.3. The largest absolute Gasteiger partial charge is 0.356 e. The number of thioether (sulfide) groups is 1. The van der Waals surface area contributed by atoms with Gasteiger partial charge in [-0.15, -0.1) is 0 Å². The van der Waals surface area contributed by atoms with E-state index in [1.54, 1.807) is 24.4 Å². The molecule has 4 heterocycles. The van der Waals surface area contributed by atoms with Crippen LogP contribution in [-0.2, 0) is 11.3 Å². The third-order valence-electron chi connectivity index (χ3n) is 6.09. The van der Waals surface area contributed by atoms with Gasteiger partial charge < -0.3 is 4.90 Å². The zero-order chi connectivity index (χ0) is 23.7. The highest BCUT2D eigenvalue weighted by atomic mass is 35.5. The number of anilines is 1.